The van der Waals surface area contributed by atoms with Crippen LogP contribution in [0.15, 0.2) is 36.0 Å². The second kappa shape index (κ2) is 10.4. The number of benzene rings is 1. The van der Waals surface area contributed by atoms with Crippen LogP contribution in [0, 0.1) is 0 Å². The lowest BCUT2D eigenvalue weighted by Crippen LogP contribution is -2.25. The van der Waals surface area contributed by atoms with Gasteiger partial charge in [0.05, 0.1) is 22.4 Å². The third-order valence-corrected chi connectivity index (χ3v) is 4.44. The van der Waals surface area contributed by atoms with Crippen molar-refractivity contribution in [1.29, 1.82) is 0 Å². The Morgan fingerprint density at radius 1 is 1.28 bits per heavy atom. The Bertz CT molecular complexity index is 805. The molecule has 0 aliphatic heterocycles. The molecule has 3 N–H and O–H groups in total. The average molecular weight is 402 g/mol. The Morgan fingerprint density at radius 3 is 2.88 bits per heavy atom. The topological polar surface area (TPSA) is 85.8 Å². The fraction of sp³-hybridized carbons (Fsp3) is 0.312. The van der Waals surface area contributed by atoms with Crippen LogP contribution in [-0.4, -0.2) is 33.5 Å². The van der Waals surface area contributed by atoms with E-state index in [-0.39, 0.29) is 30.7 Å². The van der Waals surface area contributed by atoms with Crippen LogP contribution < -0.4 is 11.1 Å². The van der Waals surface area contributed by atoms with Crippen molar-refractivity contribution >= 4 is 53.1 Å². The van der Waals surface area contributed by atoms with Crippen LogP contribution in [0.1, 0.15) is 21.9 Å². The summed E-state index contributed by atoms with van der Waals surface area (Å²) in [4.78, 5) is 20.7. The fourth-order valence-electron chi connectivity index (χ4n) is 2.38. The molecule has 2 aromatic heterocycles. The van der Waals surface area contributed by atoms with Crippen LogP contribution in [0.25, 0.3) is 11.0 Å². The zero-order chi connectivity index (χ0) is 16.1. The van der Waals surface area contributed by atoms with Crippen molar-refractivity contribution in [2.45, 2.75) is 19.4 Å². The molecule has 1 amide bonds. The Hall–Kier alpha value is -1.67. The Balaban J connectivity index is 0.00000156. The fourth-order valence-corrected chi connectivity index (χ4v) is 3.18. The van der Waals surface area contributed by atoms with E-state index in [1.54, 1.807) is 5.38 Å². The first kappa shape index (κ1) is 21.4. The monoisotopic (exact) mass is 401 g/mol. The van der Waals surface area contributed by atoms with E-state index in [0.29, 0.717) is 25.2 Å². The molecule has 0 saturated heterocycles. The molecule has 136 valence electrons. The number of halogens is 2. The van der Waals surface area contributed by atoms with Crippen molar-refractivity contribution in [3.8, 4) is 0 Å². The van der Waals surface area contributed by atoms with Crippen molar-refractivity contribution in [3.63, 3.8) is 0 Å². The molecule has 0 saturated carbocycles. The van der Waals surface area contributed by atoms with Crippen LogP contribution in [0.5, 0.6) is 0 Å². The number of aromatic nitrogens is 3. The molecule has 2 heterocycles. The lowest BCUT2D eigenvalue weighted by molar-refractivity contribution is 0.0948. The SMILES string of the molecule is Cl.Cl.NCCc1nc(C(=O)NCCCn2cnc3ccccc32)cs1. The number of fused-ring (bicyclic) bond motifs is 1. The Labute approximate surface area is 162 Å². The highest BCUT2D eigenvalue weighted by atomic mass is 35.5. The minimum Gasteiger partial charge on any atom is -0.351 e. The maximum Gasteiger partial charge on any atom is 0.270 e. The number of hydrogen-bond donors (Lipinski definition) is 2. The van der Waals surface area contributed by atoms with Crippen LogP contribution in [0.4, 0.5) is 0 Å². The second-order valence-electron chi connectivity index (χ2n) is 5.20. The molecular weight excluding hydrogens is 381 g/mol. The molecule has 0 atom stereocenters. The average Bonchev–Trinajstić information content (AvgIpc) is 3.19. The Kier molecular flexibility index (Phi) is 8.85. The number of carbonyl (C=O) groups excluding carboxylic acids is 1. The van der Waals surface area contributed by atoms with Gasteiger partial charge in [0.1, 0.15) is 5.69 Å². The zero-order valence-corrected chi connectivity index (χ0v) is 16.0. The van der Waals surface area contributed by atoms with E-state index >= 15 is 0 Å². The molecule has 3 aromatic rings. The Morgan fingerprint density at radius 2 is 2.08 bits per heavy atom. The van der Waals surface area contributed by atoms with Gasteiger partial charge in [0.2, 0.25) is 0 Å². The van der Waals surface area contributed by atoms with Gasteiger partial charge in [0.25, 0.3) is 5.91 Å². The molecule has 0 aliphatic carbocycles. The number of rotatable bonds is 7. The van der Waals surface area contributed by atoms with E-state index in [2.05, 4.69) is 25.9 Å². The van der Waals surface area contributed by atoms with Gasteiger partial charge < -0.3 is 15.6 Å². The summed E-state index contributed by atoms with van der Waals surface area (Å²) in [6.45, 7) is 1.97. The number of amides is 1. The molecule has 0 spiro atoms. The van der Waals surface area contributed by atoms with Gasteiger partial charge in [-0.3, -0.25) is 4.79 Å². The molecule has 9 heteroatoms. The highest BCUT2D eigenvalue weighted by molar-refractivity contribution is 7.09. The highest BCUT2D eigenvalue weighted by Gasteiger charge is 2.09. The first-order chi connectivity index (χ1) is 11.3. The largest absolute Gasteiger partial charge is 0.351 e. The van der Waals surface area contributed by atoms with Crippen molar-refractivity contribution in [3.05, 3.63) is 46.7 Å². The summed E-state index contributed by atoms with van der Waals surface area (Å²) in [6, 6.07) is 8.03. The van der Waals surface area contributed by atoms with E-state index in [4.69, 9.17) is 5.73 Å². The summed E-state index contributed by atoms with van der Waals surface area (Å²) in [5.41, 5.74) is 8.07. The normalized spacial score (nSPS) is 10.1. The summed E-state index contributed by atoms with van der Waals surface area (Å²) in [5.74, 6) is -0.125. The highest BCUT2D eigenvalue weighted by Crippen LogP contribution is 2.12. The predicted molar refractivity (Wildman–Crippen MR) is 106 cm³/mol. The third kappa shape index (κ3) is 5.40. The van der Waals surface area contributed by atoms with Gasteiger partial charge in [-0.05, 0) is 25.1 Å². The van der Waals surface area contributed by atoms with Crippen molar-refractivity contribution in [1.82, 2.24) is 19.9 Å². The summed E-state index contributed by atoms with van der Waals surface area (Å²) >= 11 is 1.48. The lowest BCUT2D eigenvalue weighted by Gasteiger charge is -2.05. The van der Waals surface area contributed by atoms with Gasteiger partial charge in [-0.15, -0.1) is 36.2 Å². The number of carbonyl (C=O) groups is 1. The number of nitrogens with one attached hydrogen (secondary N) is 1. The maximum atomic E-state index is 12.0. The van der Waals surface area contributed by atoms with Crippen LogP contribution in [0.2, 0.25) is 0 Å². The van der Waals surface area contributed by atoms with E-state index in [1.807, 2.05) is 24.5 Å². The minimum absolute atomic E-state index is 0. The molecule has 3 rings (SSSR count). The van der Waals surface area contributed by atoms with E-state index < -0.39 is 0 Å². The molecule has 0 radical (unpaired) electrons. The number of imidazole rings is 1. The molecule has 0 aliphatic rings. The van der Waals surface area contributed by atoms with Crippen LogP contribution >= 0.6 is 36.2 Å². The van der Waals surface area contributed by atoms with Gasteiger partial charge in [0, 0.05) is 24.9 Å². The first-order valence-electron chi connectivity index (χ1n) is 7.60. The van der Waals surface area contributed by atoms with Gasteiger partial charge in [0.15, 0.2) is 0 Å². The van der Waals surface area contributed by atoms with Gasteiger partial charge in [-0.1, -0.05) is 12.1 Å². The summed E-state index contributed by atoms with van der Waals surface area (Å²) in [5, 5.41) is 5.59. The summed E-state index contributed by atoms with van der Waals surface area (Å²) in [6.07, 6.45) is 3.39. The van der Waals surface area contributed by atoms with Crippen molar-refractivity contribution in [2.75, 3.05) is 13.1 Å². The second-order valence-corrected chi connectivity index (χ2v) is 6.14. The molecule has 25 heavy (non-hydrogen) atoms. The molecule has 6 nitrogen and oxygen atoms in total. The van der Waals surface area contributed by atoms with Crippen LogP contribution in [0.3, 0.4) is 0 Å². The maximum absolute atomic E-state index is 12.0. The number of para-hydroxylation sites is 2. The molecule has 0 bridgehead atoms. The standard InChI is InChI=1S/C16H19N5OS.2ClH/c17-7-6-15-20-13(10-23-15)16(22)18-8-3-9-21-11-19-12-4-1-2-5-14(12)21;;/h1-2,4-5,10-11H,3,6-9,17H2,(H,18,22);2*1H. The molecule has 0 fully saturated rings. The van der Waals surface area contributed by atoms with Gasteiger partial charge >= 0.3 is 0 Å². The summed E-state index contributed by atoms with van der Waals surface area (Å²) < 4.78 is 2.10. The zero-order valence-electron chi connectivity index (χ0n) is 13.6. The van der Waals surface area contributed by atoms with Crippen molar-refractivity contribution < 1.29 is 4.79 Å². The third-order valence-electron chi connectivity index (χ3n) is 3.53. The number of nitrogens with two attached hydrogens (primary N) is 1. The lowest BCUT2D eigenvalue weighted by atomic mass is 10.3. The van der Waals surface area contributed by atoms with E-state index in [0.717, 1.165) is 29.0 Å². The summed E-state index contributed by atoms with van der Waals surface area (Å²) in [7, 11) is 0. The molecule has 1 aromatic carbocycles. The number of nitrogens with zero attached hydrogens (tertiary/aromatic N) is 3. The molecule has 0 unspecified atom stereocenters. The smallest absolute Gasteiger partial charge is 0.270 e. The van der Waals surface area contributed by atoms with Gasteiger partial charge in [-0.25, -0.2) is 9.97 Å². The number of thiazole rings is 1. The van der Waals surface area contributed by atoms with Crippen molar-refractivity contribution in [2.24, 2.45) is 5.73 Å². The van der Waals surface area contributed by atoms with Crippen LogP contribution in [-0.2, 0) is 13.0 Å². The quantitative estimate of drug-likeness (QED) is 0.595. The predicted octanol–water partition coefficient (Wildman–Crippen LogP) is 2.66. The van der Waals surface area contributed by atoms with E-state index in [1.165, 1.54) is 11.3 Å². The van der Waals surface area contributed by atoms with Gasteiger partial charge in [-0.2, -0.15) is 0 Å². The van der Waals surface area contributed by atoms with E-state index in [9.17, 15) is 4.79 Å². The first-order valence-corrected chi connectivity index (χ1v) is 8.48. The minimum atomic E-state index is -0.125. The number of aryl methyl sites for hydroxylation is 1. The number of hydrogen-bond acceptors (Lipinski definition) is 5. The molecular formula is C16H21Cl2N5OS.